The fraction of sp³-hybridized carbons (Fsp3) is 0.357. The van der Waals surface area contributed by atoms with Crippen LogP contribution in [-0.2, 0) is 22.9 Å². The highest BCUT2D eigenvalue weighted by Crippen LogP contribution is 2.19. The van der Waals surface area contributed by atoms with Gasteiger partial charge >= 0.3 is 0 Å². The van der Waals surface area contributed by atoms with Gasteiger partial charge in [-0.15, -0.1) is 0 Å². The number of oxime groups is 1. The van der Waals surface area contributed by atoms with Gasteiger partial charge < -0.3 is 10.9 Å². The summed E-state index contributed by atoms with van der Waals surface area (Å²) in [5, 5.41) is 25.0. The summed E-state index contributed by atoms with van der Waals surface area (Å²) in [7, 11) is -3.68. The zero-order valence-corrected chi connectivity index (χ0v) is 15.9. The lowest BCUT2D eigenvalue weighted by molar-refractivity contribution is 0.300. The van der Waals surface area contributed by atoms with Crippen molar-refractivity contribution in [3.8, 4) is 0 Å². The minimum Gasteiger partial charge on any atom is -0.411 e. The molecule has 0 aliphatic carbocycles. The van der Waals surface area contributed by atoms with Crippen LogP contribution in [0.15, 0.2) is 32.5 Å². The van der Waals surface area contributed by atoms with Gasteiger partial charge in [0.25, 0.3) is 0 Å². The van der Waals surface area contributed by atoms with Crippen LogP contribution in [0.25, 0.3) is 0 Å². The highest BCUT2D eigenvalue weighted by Gasteiger charge is 2.20. The molecule has 2 rings (SSSR count). The van der Waals surface area contributed by atoms with Gasteiger partial charge in [-0.2, -0.15) is 0 Å². The number of nitrogens with two attached hydrogens (primary N) is 2. The van der Waals surface area contributed by atoms with Crippen LogP contribution < -0.4 is 10.9 Å². The predicted octanol–water partition coefficient (Wildman–Crippen LogP) is 0.941. The van der Waals surface area contributed by atoms with Gasteiger partial charge in [0.1, 0.15) is 17.2 Å². The molecule has 1 aromatic carbocycles. The fourth-order valence-electron chi connectivity index (χ4n) is 2.30. The minimum absolute atomic E-state index is 0.153. The molecule has 2 aromatic rings. The maximum Gasteiger partial charge on any atom is 0.210 e. The highest BCUT2D eigenvalue weighted by atomic mass is 79.9. The molecule has 0 fully saturated rings. The first kappa shape index (κ1) is 20.4. The Morgan fingerprint density at radius 3 is 2.77 bits per heavy atom. The lowest BCUT2D eigenvalue weighted by Gasteiger charge is -2.09. The number of aryl methyl sites for hydroxylation is 1. The maximum absolute atomic E-state index is 13.3. The largest absolute Gasteiger partial charge is 0.411 e. The second-order valence-corrected chi connectivity index (χ2v) is 8.17. The molecule has 1 unspecified atom stereocenters. The van der Waals surface area contributed by atoms with E-state index in [1.54, 1.807) is 12.1 Å². The molecule has 9 nitrogen and oxygen atoms in total. The Morgan fingerprint density at radius 1 is 1.42 bits per heavy atom. The van der Waals surface area contributed by atoms with E-state index in [9.17, 15) is 18.0 Å². The molecule has 0 amide bonds. The van der Waals surface area contributed by atoms with Crippen molar-refractivity contribution >= 4 is 31.7 Å². The monoisotopic (exact) mass is 449 g/mol. The Bertz CT molecular complexity index is 902. The van der Waals surface area contributed by atoms with E-state index in [2.05, 4.69) is 31.4 Å². The van der Waals surface area contributed by atoms with Crippen LogP contribution in [0, 0.1) is 5.82 Å². The van der Waals surface area contributed by atoms with Gasteiger partial charge in [-0.25, -0.2) is 22.6 Å². The van der Waals surface area contributed by atoms with Gasteiger partial charge in [0, 0.05) is 12.5 Å². The van der Waals surface area contributed by atoms with E-state index < -0.39 is 21.9 Å². The van der Waals surface area contributed by atoms with E-state index in [-0.39, 0.29) is 40.9 Å². The third-order valence-corrected chi connectivity index (χ3v) is 5.00. The smallest absolute Gasteiger partial charge is 0.210 e. The van der Waals surface area contributed by atoms with Gasteiger partial charge in [0.15, 0.2) is 5.69 Å². The first-order chi connectivity index (χ1) is 12.2. The topological polar surface area (TPSA) is 158 Å². The van der Waals surface area contributed by atoms with Crippen molar-refractivity contribution in [3.63, 3.8) is 0 Å². The summed E-state index contributed by atoms with van der Waals surface area (Å²) in [6, 6.07) is 3.69. The summed E-state index contributed by atoms with van der Waals surface area (Å²) < 4.78 is 40.4. The van der Waals surface area contributed by atoms with Crippen LogP contribution in [0.5, 0.6) is 0 Å². The molecule has 142 valence electrons. The number of primary sulfonamides is 1. The standard InChI is InChI=1S/C14H17BrFN5O4S/c15-10-5-8(1-3-11(10)16)6-13(19-22)14-12(20-25-21-14)4-2-9(17)7-26(18,23)24/h1,3,5,9,22H,2,4,6-7,17H2,(H2,18,23,24)/b19-13+. The van der Waals surface area contributed by atoms with Crippen molar-refractivity contribution in [2.75, 3.05) is 5.75 Å². The van der Waals surface area contributed by atoms with Crippen LogP contribution in [0.3, 0.4) is 0 Å². The number of rotatable bonds is 8. The quantitative estimate of drug-likeness (QED) is 0.307. The Morgan fingerprint density at radius 2 is 2.15 bits per heavy atom. The lowest BCUT2D eigenvalue weighted by Crippen LogP contribution is -2.33. The second-order valence-electron chi connectivity index (χ2n) is 5.66. The Labute approximate surface area is 157 Å². The summed E-state index contributed by atoms with van der Waals surface area (Å²) >= 11 is 3.09. The van der Waals surface area contributed by atoms with Crippen molar-refractivity contribution in [1.29, 1.82) is 0 Å². The average Bonchev–Trinajstić information content (AvgIpc) is 3.00. The molecule has 0 spiro atoms. The van der Waals surface area contributed by atoms with Crippen molar-refractivity contribution in [2.24, 2.45) is 16.0 Å². The molecule has 0 bridgehead atoms. The van der Waals surface area contributed by atoms with Crippen molar-refractivity contribution in [3.05, 3.63) is 45.4 Å². The molecule has 0 saturated carbocycles. The fourth-order valence-corrected chi connectivity index (χ4v) is 3.49. The van der Waals surface area contributed by atoms with E-state index >= 15 is 0 Å². The van der Waals surface area contributed by atoms with E-state index in [0.717, 1.165) is 0 Å². The molecule has 0 radical (unpaired) electrons. The molecular formula is C14H17BrFN5O4S. The first-order valence-electron chi connectivity index (χ1n) is 7.42. The van der Waals surface area contributed by atoms with Gasteiger partial charge in [0.05, 0.1) is 10.2 Å². The molecule has 1 atom stereocenters. The highest BCUT2D eigenvalue weighted by molar-refractivity contribution is 9.10. The Hall–Kier alpha value is -1.89. The number of sulfonamides is 1. The van der Waals surface area contributed by atoms with Crippen molar-refractivity contribution in [1.82, 2.24) is 10.3 Å². The van der Waals surface area contributed by atoms with Crippen LogP contribution in [0.1, 0.15) is 23.4 Å². The number of nitrogens with zero attached hydrogens (tertiary/aromatic N) is 3. The SMILES string of the molecule is NC(CCc1nonc1/C(Cc1ccc(F)c(Br)c1)=N/O)CS(N)(=O)=O. The van der Waals surface area contributed by atoms with Crippen LogP contribution in [-0.4, -0.2) is 41.4 Å². The van der Waals surface area contributed by atoms with Crippen molar-refractivity contribution < 1.29 is 22.6 Å². The van der Waals surface area contributed by atoms with E-state index in [1.165, 1.54) is 6.07 Å². The molecule has 12 heteroatoms. The molecule has 5 N–H and O–H groups in total. The van der Waals surface area contributed by atoms with Gasteiger partial charge in [-0.1, -0.05) is 16.4 Å². The lowest BCUT2D eigenvalue weighted by atomic mass is 10.0. The normalized spacial score (nSPS) is 13.8. The van der Waals surface area contributed by atoms with Gasteiger partial charge in [0.2, 0.25) is 10.0 Å². The second kappa shape index (κ2) is 8.66. The minimum atomic E-state index is -3.68. The van der Waals surface area contributed by atoms with Crippen LogP contribution >= 0.6 is 15.9 Å². The predicted molar refractivity (Wildman–Crippen MR) is 94.7 cm³/mol. The molecule has 1 aromatic heterocycles. The number of hydrogen-bond acceptors (Lipinski definition) is 8. The third kappa shape index (κ3) is 5.83. The molecule has 0 aliphatic rings. The van der Waals surface area contributed by atoms with Crippen LogP contribution in [0.2, 0.25) is 0 Å². The van der Waals surface area contributed by atoms with E-state index in [0.29, 0.717) is 11.3 Å². The zero-order chi connectivity index (χ0) is 19.3. The van der Waals surface area contributed by atoms with Gasteiger partial charge in [-0.3, -0.25) is 0 Å². The maximum atomic E-state index is 13.3. The van der Waals surface area contributed by atoms with E-state index in [4.69, 9.17) is 15.5 Å². The molecule has 1 heterocycles. The Balaban J connectivity index is 2.10. The third-order valence-electron chi connectivity index (χ3n) is 3.50. The molecule has 0 saturated heterocycles. The molecular weight excluding hydrogens is 433 g/mol. The Kier molecular flexibility index (Phi) is 6.81. The zero-order valence-electron chi connectivity index (χ0n) is 13.5. The summed E-state index contributed by atoms with van der Waals surface area (Å²) in [5.74, 6) is -0.776. The summed E-state index contributed by atoms with van der Waals surface area (Å²) in [4.78, 5) is 0. The summed E-state index contributed by atoms with van der Waals surface area (Å²) in [6.07, 6.45) is 0.667. The first-order valence-corrected chi connectivity index (χ1v) is 9.93. The van der Waals surface area contributed by atoms with E-state index in [1.807, 2.05) is 0 Å². The van der Waals surface area contributed by atoms with Crippen LogP contribution in [0.4, 0.5) is 4.39 Å². The summed E-state index contributed by atoms with van der Waals surface area (Å²) in [5.41, 5.74) is 7.15. The average molecular weight is 450 g/mol. The van der Waals surface area contributed by atoms with Gasteiger partial charge in [-0.05, 0) is 51.6 Å². The number of aromatic nitrogens is 2. The summed E-state index contributed by atoms with van der Waals surface area (Å²) in [6.45, 7) is 0. The number of halogens is 2. The molecule has 26 heavy (non-hydrogen) atoms. The number of hydrogen-bond donors (Lipinski definition) is 3. The van der Waals surface area contributed by atoms with Crippen molar-refractivity contribution in [2.45, 2.75) is 25.3 Å². The molecule has 0 aliphatic heterocycles. The number of benzene rings is 1.